The SMILES string of the molecule is COC(OC)C(C)NC(=O)Nc1c(C)cccc1C. The van der Waals surface area contributed by atoms with Crippen molar-refractivity contribution in [3.05, 3.63) is 29.3 Å². The lowest BCUT2D eigenvalue weighted by Gasteiger charge is -2.22. The van der Waals surface area contributed by atoms with Gasteiger partial charge in [0.25, 0.3) is 0 Å². The van der Waals surface area contributed by atoms with Gasteiger partial charge >= 0.3 is 6.03 Å². The molecule has 2 amide bonds. The number of anilines is 1. The zero-order chi connectivity index (χ0) is 14.4. The van der Waals surface area contributed by atoms with Crippen molar-refractivity contribution in [2.75, 3.05) is 19.5 Å². The van der Waals surface area contributed by atoms with Crippen LogP contribution in [-0.4, -0.2) is 32.6 Å². The van der Waals surface area contributed by atoms with Crippen molar-refractivity contribution in [1.82, 2.24) is 5.32 Å². The van der Waals surface area contributed by atoms with Crippen LogP contribution < -0.4 is 10.6 Å². The van der Waals surface area contributed by atoms with Gasteiger partial charge in [-0.2, -0.15) is 0 Å². The lowest BCUT2D eigenvalue weighted by Crippen LogP contribution is -2.44. The van der Waals surface area contributed by atoms with E-state index >= 15 is 0 Å². The normalized spacial score (nSPS) is 12.3. The third kappa shape index (κ3) is 4.22. The van der Waals surface area contributed by atoms with Crippen LogP contribution in [0.2, 0.25) is 0 Å². The number of benzene rings is 1. The summed E-state index contributed by atoms with van der Waals surface area (Å²) in [5.74, 6) is 0. The Labute approximate surface area is 114 Å². The molecular weight excluding hydrogens is 244 g/mol. The Morgan fingerprint density at radius 2 is 1.68 bits per heavy atom. The molecule has 1 rings (SSSR count). The fourth-order valence-corrected chi connectivity index (χ4v) is 1.94. The summed E-state index contributed by atoms with van der Waals surface area (Å²) in [7, 11) is 3.07. The maximum absolute atomic E-state index is 11.9. The van der Waals surface area contributed by atoms with E-state index in [1.807, 2.05) is 39.0 Å². The zero-order valence-electron chi connectivity index (χ0n) is 12.1. The first-order valence-electron chi connectivity index (χ1n) is 6.19. The quantitative estimate of drug-likeness (QED) is 0.805. The van der Waals surface area contributed by atoms with Crippen molar-refractivity contribution in [3.63, 3.8) is 0 Å². The van der Waals surface area contributed by atoms with Crippen LogP contribution in [-0.2, 0) is 9.47 Å². The molecule has 0 radical (unpaired) electrons. The number of ether oxygens (including phenoxy) is 2. The summed E-state index contributed by atoms with van der Waals surface area (Å²) in [4.78, 5) is 11.9. The van der Waals surface area contributed by atoms with Crippen molar-refractivity contribution in [2.45, 2.75) is 33.1 Å². The highest BCUT2D eigenvalue weighted by molar-refractivity contribution is 5.91. The van der Waals surface area contributed by atoms with Crippen molar-refractivity contribution in [3.8, 4) is 0 Å². The molecule has 1 unspecified atom stereocenters. The fraction of sp³-hybridized carbons (Fsp3) is 0.500. The average molecular weight is 266 g/mol. The van der Waals surface area contributed by atoms with Gasteiger partial charge in [0, 0.05) is 19.9 Å². The van der Waals surface area contributed by atoms with Crippen LogP contribution in [0.1, 0.15) is 18.1 Å². The standard InChI is InChI=1S/C14H22N2O3/c1-9-7-6-8-10(2)12(9)16-14(17)15-11(3)13(18-4)19-5/h6-8,11,13H,1-5H3,(H2,15,16,17). The molecular formula is C14H22N2O3. The number of nitrogens with one attached hydrogen (secondary N) is 2. The number of urea groups is 1. The third-order valence-corrected chi connectivity index (χ3v) is 2.95. The maximum Gasteiger partial charge on any atom is 0.319 e. The highest BCUT2D eigenvalue weighted by Crippen LogP contribution is 2.19. The first kappa shape index (κ1) is 15.5. The van der Waals surface area contributed by atoms with Crippen molar-refractivity contribution >= 4 is 11.7 Å². The van der Waals surface area contributed by atoms with Crippen molar-refractivity contribution in [1.29, 1.82) is 0 Å². The van der Waals surface area contributed by atoms with Gasteiger partial charge in [0.2, 0.25) is 0 Å². The third-order valence-electron chi connectivity index (χ3n) is 2.95. The highest BCUT2D eigenvalue weighted by Gasteiger charge is 2.18. The second-order valence-electron chi connectivity index (χ2n) is 4.49. The Morgan fingerprint density at radius 3 is 2.16 bits per heavy atom. The minimum Gasteiger partial charge on any atom is -0.354 e. The van der Waals surface area contributed by atoms with E-state index in [0.29, 0.717) is 0 Å². The van der Waals surface area contributed by atoms with Crippen LogP contribution in [0.25, 0.3) is 0 Å². The van der Waals surface area contributed by atoms with E-state index < -0.39 is 6.29 Å². The Hall–Kier alpha value is -1.59. The molecule has 106 valence electrons. The number of hydrogen-bond donors (Lipinski definition) is 2. The van der Waals surface area contributed by atoms with E-state index in [2.05, 4.69) is 10.6 Å². The topological polar surface area (TPSA) is 59.6 Å². The second-order valence-corrected chi connectivity index (χ2v) is 4.49. The summed E-state index contributed by atoms with van der Waals surface area (Å²) in [6.45, 7) is 5.74. The van der Waals surface area contributed by atoms with Gasteiger partial charge in [0.05, 0.1) is 6.04 Å². The largest absolute Gasteiger partial charge is 0.354 e. The summed E-state index contributed by atoms with van der Waals surface area (Å²) < 4.78 is 10.2. The van der Waals surface area contributed by atoms with Crippen LogP contribution in [0.5, 0.6) is 0 Å². The van der Waals surface area contributed by atoms with Crippen molar-refractivity contribution < 1.29 is 14.3 Å². The van der Waals surface area contributed by atoms with Gasteiger partial charge < -0.3 is 20.1 Å². The lowest BCUT2D eigenvalue weighted by molar-refractivity contribution is -0.117. The Morgan fingerprint density at radius 1 is 1.16 bits per heavy atom. The second kappa shape index (κ2) is 7.11. The first-order valence-corrected chi connectivity index (χ1v) is 6.19. The van der Waals surface area contributed by atoms with E-state index in [-0.39, 0.29) is 12.1 Å². The molecule has 0 saturated heterocycles. The van der Waals surface area contributed by atoms with Crippen LogP contribution in [0.15, 0.2) is 18.2 Å². The molecule has 19 heavy (non-hydrogen) atoms. The van der Waals surface area contributed by atoms with E-state index in [9.17, 15) is 4.79 Å². The minimum atomic E-state index is -0.469. The number of rotatable bonds is 5. The Balaban J connectivity index is 2.65. The molecule has 1 atom stereocenters. The number of para-hydroxylation sites is 1. The summed E-state index contributed by atoms with van der Waals surface area (Å²) in [5.41, 5.74) is 2.88. The van der Waals surface area contributed by atoms with E-state index in [4.69, 9.17) is 9.47 Å². The van der Waals surface area contributed by atoms with Crippen molar-refractivity contribution in [2.24, 2.45) is 0 Å². The lowest BCUT2D eigenvalue weighted by atomic mass is 10.1. The first-order chi connectivity index (χ1) is 8.99. The number of carbonyl (C=O) groups excluding carboxylic acids is 1. The van der Waals surface area contributed by atoms with Gasteiger partial charge in [-0.15, -0.1) is 0 Å². The molecule has 0 aliphatic carbocycles. The van der Waals surface area contributed by atoms with Crippen LogP contribution >= 0.6 is 0 Å². The smallest absolute Gasteiger partial charge is 0.319 e. The Kier molecular flexibility index (Phi) is 5.79. The van der Waals surface area contributed by atoms with Crippen LogP contribution in [0, 0.1) is 13.8 Å². The molecule has 0 heterocycles. The molecule has 0 spiro atoms. The molecule has 0 aliphatic heterocycles. The van der Waals surface area contributed by atoms with Gasteiger partial charge in [-0.05, 0) is 31.9 Å². The molecule has 0 aromatic heterocycles. The van der Waals surface area contributed by atoms with Gasteiger partial charge in [-0.1, -0.05) is 18.2 Å². The molecule has 1 aromatic carbocycles. The summed E-state index contributed by atoms with van der Waals surface area (Å²) in [6.07, 6.45) is -0.469. The summed E-state index contributed by atoms with van der Waals surface area (Å²) in [5, 5.41) is 5.64. The fourth-order valence-electron chi connectivity index (χ4n) is 1.94. The molecule has 5 heteroatoms. The molecule has 2 N–H and O–H groups in total. The Bertz CT molecular complexity index is 410. The average Bonchev–Trinajstić information content (AvgIpc) is 2.35. The molecule has 0 saturated carbocycles. The maximum atomic E-state index is 11.9. The van der Waals surface area contributed by atoms with Gasteiger partial charge in [-0.25, -0.2) is 4.79 Å². The number of carbonyl (C=O) groups is 1. The molecule has 0 bridgehead atoms. The minimum absolute atomic E-state index is 0.251. The van der Waals surface area contributed by atoms with Gasteiger partial charge in [-0.3, -0.25) is 0 Å². The number of amides is 2. The van der Waals surface area contributed by atoms with Crippen LogP contribution in [0.3, 0.4) is 0 Å². The molecule has 5 nitrogen and oxygen atoms in total. The monoisotopic (exact) mass is 266 g/mol. The predicted molar refractivity (Wildman–Crippen MR) is 75.3 cm³/mol. The summed E-state index contributed by atoms with van der Waals surface area (Å²) >= 11 is 0. The number of methoxy groups -OCH3 is 2. The summed E-state index contributed by atoms with van der Waals surface area (Å²) in [6, 6.07) is 5.35. The van der Waals surface area contributed by atoms with Gasteiger partial charge in [0.1, 0.15) is 0 Å². The molecule has 1 aromatic rings. The van der Waals surface area contributed by atoms with Crippen LogP contribution in [0.4, 0.5) is 10.5 Å². The van der Waals surface area contributed by atoms with E-state index in [1.54, 1.807) is 0 Å². The van der Waals surface area contributed by atoms with E-state index in [0.717, 1.165) is 16.8 Å². The predicted octanol–water partition coefficient (Wildman–Crippen LogP) is 2.43. The van der Waals surface area contributed by atoms with E-state index in [1.165, 1.54) is 14.2 Å². The molecule has 0 aliphatic rings. The van der Waals surface area contributed by atoms with Gasteiger partial charge in [0.15, 0.2) is 6.29 Å². The zero-order valence-corrected chi connectivity index (χ0v) is 12.1. The number of aryl methyl sites for hydroxylation is 2. The molecule has 0 fully saturated rings. The highest BCUT2D eigenvalue weighted by atomic mass is 16.7. The number of hydrogen-bond acceptors (Lipinski definition) is 3.